The summed E-state index contributed by atoms with van der Waals surface area (Å²) in [5, 5.41) is 0.135. The van der Waals surface area contributed by atoms with Gasteiger partial charge in [0.1, 0.15) is 6.10 Å². The maximum atomic E-state index is 6.02. The van der Waals surface area contributed by atoms with Crippen molar-refractivity contribution < 1.29 is 14.2 Å². The van der Waals surface area contributed by atoms with Crippen molar-refractivity contribution in [3.05, 3.63) is 5.28 Å². The summed E-state index contributed by atoms with van der Waals surface area (Å²) in [4.78, 5) is 14.8. The molecular weight excluding hydrogens is 296 g/mol. The summed E-state index contributed by atoms with van der Waals surface area (Å²) in [5.41, 5.74) is -0.198. The zero-order chi connectivity index (χ0) is 14.9. The molecule has 2 saturated heterocycles. The number of rotatable bonds is 3. The molecule has 7 nitrogen and oxygen atoms in total. The number of morpholine rings is 1. The first-order chi connectivity index (χ1) is 10.0. The molecule has 0 saturated carbocycles. The Labute approximate surface area is 128 Å². The van der Waals surface area contributed by atoms with E-state index >= 15 is 0 Å². The number of ether oxygens (including phenoxy) is 3. The SMILES string of the molecule is CC1(C)COCCN1c1nc(Cl)nc(OC2CCOC2)n1. The maximum absolute atomic E-state index is 6.02. The summed E-state index contributed by atoms with van der Waals surface area (Å²) in [6, 6.07) is 0.253. The Morgan fingerprint density at radius 2 is 2.10 bits per heavy atom. The van der Waals surface area contributed by atoms with Gasteiger partial charge in [-0.3, -0.25) is 0 Å². The molecule has 1 atom stereocenters. The van der Waals surface area contributed by atoms with Crippen molar-refractivity contribution >= 4 is 17.5 Å². The number of anilines is 1. The molecule has 0 aliphatic carbocycles. The van der Waals surface area contributed by atoms with E-state index in [4.69, 9.17) is 25.8 Å². The number of aromatic nitrogens is 3. The van der Waals surface area contributed by atoms with Gasteiger partial charge in [-0.25, -0.2) is 0 Å². The topological polar surface area (TPSA) is 69.6 Å². The molecule has 0 spiro atoms. The molecule has 1 aromatic rings. The summed E-state index contributed by atoms with van der Waals surface area (Å²) in [6.07, 6.45) is 0.816. The number of hydrogen-bond acceptors (Lipinski definition) is 7. The molecule has 3 rings (SSSR count). The quantitative estimate of drug-likeness (QED) is 0.833. The van der Waals surface area contributed by atoms with Crippen molar-refractivity contribution in [1.29, 1.82) is 0 Å². The molecule has 0 aromatic carbocycles. The van der Waals surface area contributed by atoms with Crippen LogP contribution in [0.1, 0.15) is 20.3 Å². The van der Waals surface area contributed by atoms with Crippen LogP contribution in [-0.2, 0) is 9.47 Å². The zero-order valence-electron chi connectivity index (χ0n) is 12.2. The average molecular weight is 315 g/mol. The van der Waals surface area contributed by atoms with E-state index in [1.54, 1.807) is 0 Å². The van der Waals surface area contributed by atoms with Gasteiger partial charge in [-0.2, -0.15) is 15.0 Å². The Hall–Kier alpha value is -1.18. The fourth-order valence-electron chi connectivity index (χ4n) is 2.48. The first kappa shape index (κ1) is 14.7. The van der Waals surface area contributed by atoms with Crippen molar-refractivity contribution in [2.75, 3.05) is 37.9 Å². The van der Waals surface area contributed by atoms with Crippen LogP contribution in [0.5, 0.6) is 6.01 Å². The first-order valence-corrected chi connectivity index (χ1v) is 7.44. The van der Waals surface area contributed by atoms with Crippen LogP contribution in [0.3, 0.4) is 0 Å². The van der Waals surface area contributed by atoms with Crippen molar-refractivity contribution in [2.45, 2.75) is 31.9 Å². The lowest BCUT2D eigenvalue weighted by molar-refractivity contribution is 0.0631. The molecule has 2 aliphatic heterocycles. The molecule has 3 heterocycles. The second kappa shape index (κ2) is 5.90. The lowest BCUT2D eigenvalue weighted by atomic mass is 10.0. The zero-order valence-corrected chi connectivity index (χ0v) is 13.0. The molecule has 0 bridgehead atoms. The first-order valence-electron chi connectivity index (χ1n) is 7.06. The van der Waals surface area contributed by atoms with Crippen LogP contribution in [0, 0.1) is 0 Å². The van der Waals surface area contributed by atoms with Gasteiger partial charge in [0.2, 0.25) is 11.2 Å². The van der Waals surface area contributed by atoms with Crippen LogP contribution in [0.4, 0.5) is 5.95 Å². The lowest BCUT2D eigenvalue weighted by Gasteiger charge is -2.42. The predicted molar refractivity (Wildman–Crippen MR) is 76.9 cm³/mol. The van der Waals surface area contributed by atoms with E-state index in [0.717, 1.165) is 6.42 Å². The normalized spacial score (nSPS) is 25.1. The van der Waals surface area contributed by atoms with Gasteiger partial charge >= 0.3 is 6.01 Å². The molecule has 1 unspecified atom stereocenters. The molecular formula is C13H19ClN4O3. The minimum Gasteiger partial charge on any atom is -0.457 e. The highest BCUT2D eigenvalue weighted by Crippen LogP contribution is 2.26. The molecule has 2 aliphatic rings. The van der Waals surface area contributed by atoms with Crippen molar-refractivity contribution in [2.24, 2.45) is 0 Å². The van der Waals surface area contributed by atoms with Gasteiger partial charge in [0, 0.05) is 13.0 Å². The fraction of sp³-hybridized carbons (Fsp3) is 0.769. The maximum Gasteiger partial charge on any atom is 0.322 e. The minimum absolute atomic E-state index is 0.0194. The van der Waals surface area contributed by atoms with Gasteiger partial charge in [0.15, 0.2) is 0 Å². The molecule has 1 aromatic heterocycles. The van der Waals surface area contributed by atoms with Gasteiger partial charge in [0.25, 0.3) is 0 Å². The summed E-state index contributed by atoms with van der Waals surface area (Å²) in [6.45, 7) is 7.38. The molecule has 0 radical (unpaired) electrons. The van der Waals surface area contributed by atoms with E-state index in [-0.39, 0.29) is 22.9 Å². The molecule has 0 amide bonds. The van der Waals surface area contributed by atoms with E-state index in [2.05, 4.69) is 33.7 Å². The van der Waals surface area contributed by atoms with E-state index in [1.165, 1.54) is 0 Å². The third kappa shape index (κ3) is 3.36. The third-order valence-corrected chi connectivity index (χ3v) is 3.79. The largest absolute Gasteiger partial charge is 0.457 e. The fourth-order valence-corrected chi connectivity index (χ4v) is 2.63. The van der Waals surface area contributed by atoms with Crippen molar-refractivity contribution in [3.63, 3.8) is 0 Å². The summed E-state index contributed by atoms with van der Waals surface area (Å²) >= 11 is 6.02. The van der Waals surface area contributed by atoms with Crippen LogP contribution in [-0.4, -0.2) is 59.6 Å². The number of halogens is 1. The molecule has 2 fully saturated rings. The Morgan fingerprint density at radius 1 is 1.24 bits per heavy atom. The van der Waals surface area contributed by atoms with E-state index in [1.807, 2.05) is 0 Å². The molecule has 116 valence electrons. The second-order valence-corrected chi connectivity index (χ2v) is 6.15. The van der Waals surface area contributed by atoms with Gasteiger partial charge < -0.3 is 19.1 Å². The van der Waals surface area contributed by atoms with Crippen LogP contribution < -0.4 is 9.64 Å². The number of hydrogen-bond donors (Lipinski definition) is 0. The van der Waals surface area contributed by atoms with E-state index in [0.29, 0.717) is 38.9 Å². The van der Waals surface area contributed by atoms with Gasteiger partial charge in [-0.05, 0) is 25.4 Å². The van der Waals surface area contributed by atoms with Crippen LogP contribution in [0.25, 0.3) is 0 Å². The van der Waals surface area contributed by atoms with Crippen LogP contribution in [0.15, 0.2) is 0 Å². The van der Waals surface area contributed by atoms with Gasteiger partial charge in [-0.1, -0.05) is 0 Å². The Morgan fingerprint density at radius 3 is 2.81 bits per heavy atom. The second-order valence-electron chi connectivity index (χ2n) is 5.81. The van der Waals surface area contributed by atoms with Gasteiger partial charge in [0.05, 0.1) is 32.0 Å². The Balaban J connectivity index is 1.82. The molecule has 21 heavy (non-hydrogen) atoms. The number of nitrogens with zero attached hydrogens (tertiary/aromatic N) is 4. The smallest absolute Gasteiger partial charge is 0.322 e. The lowest BCUT2D eigenvalue weighted by Crippen LogP contribution is -2.54. The van der Waals surface area contributed by atoms with E-state index in [9.17, 15) is 0 Å². The van der Waals surface area contributed by atoms with Crippen molar-refractivity contribution in [3.8, 4) is 6.01 Å². The Bertz CT molecular complexity index is 508. The van der Waals surface area contributed by atoms with E-state index < -0.39 is 0 Å². The summed E-state index contributed by atoms with van der Waals surface area (Å²) in [7, 11) is 0. The van der Waals surface area contributed by atoms with Crippen LogP contribution in [0.2, 0.25) is 5.28 Å². The van der Waals surface area contributed by atoms with Crippen molar-refractivity contribution in [1.82, 2.24) is 15.0 Å². The summed E-state index contributed by atoms with van der Waals surface area (Å²) < 4.78 is 16.5. The van der Waals surface area contributed by atoms with Crippen LogP contribution >= 0.6 is 11.6 Å². The molecule has 8 heteroatoms. The van der Waals surface area contributed by atoms with Gasteiger partial charge in [-0.15, -0.1) is 0 Å². The highest BCUT2D eigenvalue weighted by atomic mass is 35.5. The standard InChI is InChI=1S/C13H19ClN4O3/c1-13(2)8-20-6-4-18(13)11-15-10(14)16-12(17-11)21-9-3-5-19-7-9/h9H,3-8H2,1-2H3. The highest BCUT2D eigenvalue weighted by Gasteiger charge is 2.33. The molecule has 0 N–H and O–H groups in total. The summed E-state index contributed by atoms with van der Waals surface area (Å²) in [5.74, 6) is 0.525. The third-order valence-electron chi connectivity index (χ3n) is 3.62. The Kier molecular flexibility index (Phi) is 4.14. The minimum atomic E-state index is -0.198. The monoisotopic (exact) mass is 314 g/mol. The highest BCUT2D eigenvalue weighted by molar-refractivity contribution is 6.28. The average Bonchev–Trinajstić information content (AvgIpc) is 2.90. The predicted octanol–water partition coefficient (Wildman–Crippen LogP) is 1.31.